The van der Waals surface area contributed by atoms with Crippen LogP contribution in [0.3, 0.4) is 0 Å². The van der Waals surface area contributed by atoms with Gasteiger partial charge in [0.25, 0.3) is 5.91 Å². The molecular formula is C16H25Cl2N3O2. The van der Waals surface area contributed by atoms with Gasteiger partial charge in [0.1, 0.15) is 0 Å². The van der Waals surface area contributed by atoms with Gasteiger partial charge in [0.2, 0.25) is 0 Å². The molecule has 0 spiro atoms. The maximum atomic E-state index is 12.4. The molecule has 3 rings (SSSR count). The predicted molar refractivity (Wildman–Crippen MR) is 96.6 cm³/mol. The number of ether oxygens (including phenoxy) is 1. The first-order valence-electron chi connectivity index (χ1n) is 7.67. The van der Waals surface area contributed by atoms with Crippen LogP contribution in [0, 0.1) is 5.92 Å². The van der Waals surface area contributed by atoms with Crippen molar-refractivity contribution in [2.24, 2.45) is 5.92 Å². The predicted octanol–water partition coefficient (Wildman–Crippen LogP) is 1.91. The molecule has 2 saturated heterocycles. The summed E-state index contributed by atoms with van der Waals surface area (Å²) in [6.45, 7) is 6.37. The van der Waals surface area contributed by atoms with Gasteiger partial charge < -0.3 is 15.4 Å². The minimum absolute atomic E-state index is 0. The average molecular weight is 362 g/mol. The molecule has 0 bridgehead atoms. The Morgan fingerprint density at radius 3 is 2.57 bits per heavy atom. The smallest absolute Gasteiger partial charge is 0.254 e. The molecule has 1 amide bonds. The van der Waals surface area contributed by atoms with Gasteiger partial charge in [-0.25, -0.2) is 0 Å². The molecule has 2 heterocycles. The lowest BCUT2D eigenvalue weighted by Crippen LogP contribution is -2.49. The van der Waals surface area contributed by atoms with E-state index in [2.05, 4.69) is 4.90 Å². The van der Waals surface area contributed by atoms with Crippen LogP contribution in [0.4, 0.5) is 5.69 Å². The number of rotatable bonds is 3. The SMILES string of the molecule is Cl.Cl.Nc1cccc(C(=O)N2CCN(CC3CCOC3)CC2)c1. The fraction of sp³-hybridized carbons (Fsp3) is 0.562. The second-order valence-electron chi connectivity index (χ2n) is 5.95. The molecular weight excluding hydrogens is 337 g/mol. The van der Waals surface area contributed by atoms with Crippen LogP contribution in [0.15, 0.2) is 24.3 Å². The Labute approximate surface area is 150 Å². The first-order chi connectivity index (χ1) is 10.2. The molecule has 0 aromatic heterocycles. The number of nitrogens with two attached hydrogens (primary N) is 1. The van der Waals surface area contributed by atoms with Crippen LogP contribution in [0.25, 0.3) is 0 Å². The van der Waals surface area contributed by atoms with Crippen molar-refractivity contribution in [2.75, 3.05) is 51.7 Å². The highest BCUT2D eigenvalue weighted by Crippen LogP contribution is 2.16. The molecule has 130 valence electrons. The highest BCUT2D eigenvalue weighted by atomic mass is 35.5. The van der Waals surface area contributed by atoms with Crippen molar-refractivity contribution in [3.63, 3.8) is 0 Å². The van der Waals surface area contributed by atoms with Crippen molar-refractivity contribution in [3.8, 4) is 0 Å². The molecule has 1 aromatic rings. The lowest BCUT2D eigenvalue weighted by molar-refractivity contribution is 0.0611. The summed E-state index contributed by atoms with van der Waals surface area (Å²) in [5.74, 6) is 0.757. The molecule has 2 aliphatic rings. The van der Waals surface area contributed by atoms with Crippen molar-refractivity contribution in [2.45, 2.75) is 6.42 Å². The van der Waals surface area contributed by atoms with Gasteiger partial charge in [0.15, 0.2) is 0 Å². The number of carbonyl (C=O) groups excluding carboxylic acids is 1. The first kappa shape index (κ1) is 20.0. The van der Waals surface area contributed by atoms with Gasteiger partial charge >= 0.3 is 0 Å². The molecule has 2 N–H and O–H groups in total. The zero-order chi connectivity index (χ0) is 14.7. The van der Waals surface area contributed by atoms with E-state index in [-0.39, 0.29) is 30.7 Å². The number of anilines is 1. The number of piperazine rings is 1. The second-order valence-corrected chi connectivity index (χ2v) is 5.95. The minimum atomic E-state index is 0. The number of halogens is 2. The monoisotopic (exact) mass is 361 g/mol. The third kappa shape index (κ3) is 5.24. The van der Waals surface area contributed by atoms with Crippen LogP contribution >= 0.6 is 24.8 Å². The van der Waals surface area contributed by atoms with Crippen LogP contribution in [0.1, 0.15) is 16.8 Å². The largest absolute Gasteiger partial charge is 0.399 e. The number of nitrogens with zero attached hydrogens (tertiary/aromatic N) is 2. The molecule has 0 radical (unpaired) electrons. The Kier molecular flexibility index (Phi) is 8.12. The summed E-state index contributed by atoms with van der Waals surface area (Å²) in [5, 5.41) is 0. The van der Waals surface area contributed by atoms with Gasteiger partial charge in [-0.1, -0.05) is 6.07 Å². The van der Waals surface area contributed by atoms with Crippen LogP contribution < -0.4 is 5.73 Å². The molecule has 1 unspecified atom stereocenters. The van der Waals surface area contributed by atoms with Gasteiger partial charge in [0.05, 0.1) is 6.61 Å². The third-order valence-electron chi connectivity index (χ3n) is 4.33. The summed E-state index contributed by atoms with van der Waals surface area (Å²) in [7, 11) is 0. The second kappa shape index (κ2) is 9.33. The van der Waals surface area contributed by atoms with E-state index < -0.39 is 0 Å². The van der Waals surface area contributed by atoms with Gasteiger partial charge in [-0.3, -0.25) is 9.69 Å². The lowest BCUT2D eigenvalue weighted by atomic mass is 10.1. The number of hydrogen-bond acceptors (Lipinski definition) is 4. The number of benzene rings is 1. The van der Waals surface area contributed by atoms with Crippen molar-refractivity contribution >= 4 is 36.4 Å². The maximum absolute atomic E-state index is 12.4. The molecule has 1 aromatic carbocycles. The number of nitrogen functional groups attached to an aromatic ring is 1. The lowest BCUT2D eigenvalue weighted by Gasteiger charge is -2.35. The van der Waals surface area contributed by atoms with Crippen molar-refractivity contribution < 1.29 is 9.53 Å². The van der Waals surface area contributed by atoms with E-state index in [1.165, 1.54) is 6.42 Å². The van der Waals surface area contributed by atoms with Gasteiger partial charge in [-0.2, -0.15) is 0 Å². The molecule has 23 heavy (non-hydrogen) atoms. The van der Waals surface area contributed by atoms with E-state index in [4.69, 9.17) is 10.5 Å². The average Bonchev–Trinajstić information content (AvgIpc) is 3.00. The Hall–Kier alpha value is -1.01. The van der Waals surface area contributed by atoms with E-state index >= 15 is 0 Å². The van der Waals surface area contributed by atoms with Crippen molar-refractivity contribution in [3.05, 3.63) is 29.8 Å². The Morgan fingerprint density at radius 2 is 1.96 bits per heavy atom. The highest BCUT2D eigenvalue weighted by molar-refractivity contribution is 5.95. The molecule has 1 atom stereocenters. The first-order valence-corrected chi connectivity index (χ1v) is 7.67. The topological polar surface area (TPSA) is 58.8 Å². The van der Waals surface area contributed by atoms with Crippen molar-refractivity contribution in [1.29, 1.82) is 0 Å². The summed E-state index contributed by atoms with van der Waals surface area (Å²) in [6, 6.07) is 7.23. The van der Waals surface area contributed by atoms with Crippen LogP contribution in [0.5, 0.6) is 0 Å². The van der Waals surface area contributed by atoms with Gasteiger partial charge in [0, 0.05) is 50.6 Å². The fourth-order valence-corrected chi connectivity index (χ4v) is 3.08. The Bertz CT molecular complexity index is 502. The van der Waals surface area contributed by atoms with Crippen LogP contribution in [0.2, 0.25) is 0 Å². The van der Waals surface area contributed by atoms with E-state index in [0.717, 1.165) is 45.9 Å². The Morgan fingerprint density at radius 1 is 1.22 bits per heavy atom. The van der Waals surface area contributed by atoms with Gasteiger partial charge in [-0.15, -0.1) is 24.8 Å². The quantitative estimate of drug-likeness (QED) is 0.835. The number of amides is 1. The zero-order valence-electron chi connectivity index (χ0n) is 13.1. The molecule has 0 saturated carbocycles. The Balaban J connectivity index is 0.00000132. The molecule has 7 heteroatoms. The van der Waals surface area contributed by atoms with Crippen molar-refractivity contribution in [1.82, 2.24) is 9.80 Å². The maximum Gasteiger partial charge on any atom is 0.254 e. The summed E-state index contributed by atoms with van der Waals surface area (Å²) >= 11 is 0. The van der Waals surface area contributed by atoms with Crippen LogP contribution in [-0.4, -0.2) is 61.6 Å². The summed E-state index contributed by atoms with van der Waals surface area (Å²) < 4.78 is 5.42. The summed E-state index contributed by atoms with van der Waals surface area (Å²) in [6.07, 6.45) is 1.17. The summed E-state index contributed by atoms with van der Waals surface area (Å²) in [5.41, 5.74) is 7.08. The van der Waals surface area contributed by atoms with E-state index in [1.807, 2.05) is 17.0 Å². The standard InChI is InChI=1S/C16H23N3O2.2ClH/c17-15-3-1-2-14(10-15)16(20)19-7-5-18(6-8-19)11-13-4-9-21-12-13;;/h1-3,10,13H,4-9,11-12,17H2;2*1H. The highest BCUT2D eigenvalue weighted by Gasteiger charge is 2.25. The number of hydrogen-bond donors (Lipinski definition) is 1. The normalized spacial score (nSPS) is 21.4. The van der Waals surface area contributed by atoms with Crippen LogP contribution in [-0.2, 0) is 4.74 Å². The minimum Gasteiger partial charge on any atom is -0.399 e. The molecule has 2 fully saturated rings. The molecule has 0 aliphatic carbocycles. The molecule has 2 aliphatic heterocycles. The van der Waals surface area contributed by atoms with Gasteiger partial charge in [-0.05, 0) is 30.5 Å². The van der Waals surface area contributed by atoms with E-state index in [0.29, 0.717) is 17.2 Å². The summed E-state index contributed by atoms with van der Waals surface area (Å²) in [4.78, 5) is 16.8. The third-order valence-corrected chi connectivity index (χ3v) is 4.33. The fourth-order valence-electron chi connectivity index (χ4n) is 3.08. The zero-order valence-corrected chi connectivity index (χ0v) is 14.8. The van der Waals surface area contributed by atoms with E-state index in [1.54, 1.807) is 12.1 Å². The molecule has 5 nitrogen and oxygen atoms in total. The van der Waals surface area contributed by atoms with E-state index in [9.17, 15) is 4.79 Å². The number of carbonyl (C=O) groups is 1.